The van der Waals surface area contributed by atoms with Gasteiger partial charge in [0.05, 0.1) is 17.8 Å². The fraction of sp³-hybridized carbons (Fsp3) is 0.900. The molecule has 3 rings (SSSR count). The maximum Gasteiger partial charge on any atom is 0.110 e. The summed E-state index contributed by atoms with van der Waals surface area (Å²) in [6.45, 7) is 14.9. The van der Waals surface area contributed by atoms with Crippen molar-refractivity contribution in [2.75, 3.05) is 0 Å². The topological polar surface area (TPSA) is 49.7 Å². The summed E-state index contributed by atoms with van der Waals surface area (Å²) in [5.41, 5.74) is -0.832. The molecule has 23 heavy (non-hydrogen) atoms. The summed E-state index contributed by atoms with van der Waals surface area (Å²) >= 11 is 0. The van der Waals surface area contributed by atoms with Gasteiger partial charge in [0.1, 0.15) is 5.60 Å². The van der Waals surface area contributed by atoms with Crippen molar-refractivity contribution in [2.24, 2.45) is 22.7 Å². The van der Waals surface area contributed by atoms with Crippen molar-refractivity contribution in [3.8, 4) is 0 Å². The van der Waals surface area contributed by atoms with Gasteiger partial charge in [0.15, 0.2) is 0 Å². The van der Waals surface area contributed by atoms with E-state index in [9.17, 15) is 10.2 Å². The highest BCUT2D eigenvalue weighted by Gasteiger charge is 2.64. The van der Waals surface area contributed by atoms with Gasteiger partial charge in [0, 0.05) is 0 Å². The Bertz CT molecular complexity index is 501. The van der Waals surface area contributed by atoms with Crippen molar-refractivity contribution < 1.29 is 14.9 Å². The van der Waals surface area contributed by atoms with E-state index in [-0.39, 0.29) is 22.5 Å². The number of rotatable bonds is 1. The number of ether oxygens (including phenoxy) is 1. The van der Waals surface area contributed by atoms with E-state index in [1.54, 1.807) is 6.08 Å². The largest absolute Gasteiger partial charge is 0.393 e. The van der Waals surface area contributed by atoms with Gasteiger partial charge in [-0.2, -0.15) is 0 Å². The quantitative estimate of drug-likeness (QED) is 0.724. The molecule has 0 unspecified atom stereocenters. The van der Waals surface area contributed by atoms with Crippen LogP contribution in [0.2, 0.25) is 0 Å². The molecule has 3 nitrogen and oxygen atoms in total. The summed E-state index contributed by atoms with van der Waals surface area (Å²) in [4.78, 5) is 0. The van der Waals surface area contributed by atoms with Gasteiger partial charge in [-0.25, -0.2) is 0 Å². The molecule has 3 aliphatic rings. The zero-order valence-electron chi connectivity index (χ0n) is 15.4. The summed E-state index contributed by atoms with van der Waals surface area (Å²) in [6.07, 6.45) is 5.73. The van der Waals surface area contributed by atoms with Gasteiger partial charge in [0.25, 0.3) is 0 Å². The molecule has 0 aromatic heterocycles. The van der Waals surface area contributed by atoms with Gasteiger partial charge < -0.3 is 14.9 Å². The van der Waals surface area contributed by atoms with E-state index in [2.05, 4.69) is 34.3 Å². The highest BCUT2D eigenvalue weighted by molar-refractivity contribution is 5.15. The third-order valence-corrected chi connectivity index (χ3v) is 7.95. The minimum Gasteiger partial charge on any atom is -0.393 e. The Balaban J connectivity index is 1.99. The van der Waals surface area contributed by atoms with Gasteiger partial charge in [0.2, 0.25) is 0 Å². The third-order valence-electron chi connectivity index (χ3n) is 7.95. The Labute approximate surface area is 141 Å². The molecule has 1 aliphatic heterocycles. The van der Waals surface area contributed by atoms with Crippen molar-refractivity contribution in [3.63, 3.8) is 0 Å². The molecule has 7 atom stereocenters. The second kappa shape index (κ2) is 5.06. The van der Waals surface area contributed by atoms with Gasteiger partial charge >= 0.3 is 0 Å². The molecular weight excluding hydrogens is 288 g/mol. The van der Waals surface area contributed by atoms with Crippen LogP contribution in [-0.2, 0) is 4.74 Å². The van der Waals surface area contributed by atoms with Crippen LogP contribution in [0.4, 0.5) is 0 Å². The predicted octanol–water partition coefficient (Wildman–Crippen LogP) is 3.68. The van der Waals surface area contributed by atoms with Crippen LogP contribution in [0.3, 0.4) is 0 Å². The summed E-state index contributed by atoms with van der Waals surface area (Å²) in [5.74, 6) is 0.796. The monoisotopic (exact) mass is 322 g/mol. The smallest absolute Gasteiger partial charge is 0.110 e. The third kappa shape index (κ3) is 2.26. The fourth-order valence-electron chi connectivity index (χ4n) is 6.34. The number of hydrogen-bond acceptors (Lipinski definition) is 3. The van der Waals surface area contributed by atoms with E-state index < -0.39 is 11.7 Å². The standard InChI is InChI=1S/C20H34O3/c1-7-19(5)16(22)12-14-18(4)10-9-15(21)17(2,3)13(18)8-11-20(14,6)23-19/h7,13-16,21-22H,1,8-12H2,2-6H3/t13-,14+,15-,16-,18-,19+,20+/m1/s1. The van der Waals surface area contributed by atoms with Crippen LogP contribution in [0.25, 0.3) is 0 Å². The number of fused-ring (bicyclic) bond motifs is 3. The van der Waals surface area contributed by atoms with Crippen molar-refractivity contribution >= 4 is 0 Å². The van der Waals surface area contributed by atoms with E-state index >= 15 is 0 Å². The molecular formula is C20H34O3. The lowest BCUT2D eigenvalue weighted by molar-refractivity contribution is -0.288. The summed E-state index contributed by atoms with van der Waals surface area (Å²) < 4.78 is 6.51. The number of aliphatic hydroxyl groups excluding tert-OH is 2. The Morgan fingerprint density at radius 3 is 2.22 bits per heavy atom. The molecule has 132 valence electrons. The van der Waals surface area contributed by atoms with Crippen LogP contribution in [-0.4, -0.2) is 33.6 Å². The van der Waals surface area contributed by atoms with Crippen LogP contribution in [0.1, 0.15) is 66.7 Å². The first-order valence-electron chi connectivity index (χ1n) is 9.19. The van der Waals surface area contributed by atoms with E-state index in [4.69, 9.17) is 4.74 Å². The lowest BCUT2D eigenvalue weighted by atomic mass is 9.43. The molecule has 1 heterocycles. The lowest BCUT2D eigenvalue weighted by Gasteiger charge is -2.66. The van der Waals surface area contributed by atoms with Gasteiger partial charge in [-0.05, 0) is 68.6 Å². The van der Waals surface area contributed by atoms with Gasteiger partial charge in [-0.15, -0.1) is 6.58 Å². The van der Waals surface area contributed by atoms with Crippen molar-refractivity contribution in [2.45, 2.75) is 90.1 Å². The second-order valence-corrected chi connectivity index (χ2v) is 9.58. The molecule has 0 aromatic carbocycles. The van der Waals surface area contributed by atoms with Crippen LogP contribution in [0.15, 0.2) is 12.7 Å². The maximum absolute atomic E-state index is 10.7. The normalized spacial score (nSPS) is 55.6. The highest BCUT2D eigenvalue weighted by Crippen LogP contribution is 2.65. The second-order valence-electron chi connectivity index (χ2n) is 9.58. The van der Waals surface area contributed by atoms with Gasteiger partial charge in [-0.3, -0.25) is 0 Å². The van der Waals surface area contributed by atoms with Crippen molar-refractivity contribution in [1.29, 1.82) is 0 Å². The molecule has 1 saturated heterocycles. The Morgan fingerprint density at radius 1 is 0.957 bits per heavy atom. The highest BCUT2D eigenvalue weighted by atomic mass is 16.5. The minimum atomic E-state index is -0.655. The Kier molecular flexibility index (Phi) is 3.84. The molecule has 0 bridgehead atoms. The van der Waals surface area contributed by atoms with E-state index in [0.717, 1.165) is 32.1 Å². The first-order chi connectivity index (χ1) is 10.5. The molecule has 2 aliphatic carbocycles. The molecule has 3 heteroatoms. The summed E-state index contributed by atoms with van der Waals surface area (Å²) in [6, 6.07) is 0. The van der Waals surface area contributed by atoms with E-state index in [1.165, 1.54) is 0 Å². The maximum atomic E-state index is 10.7. The minimum absolute atomic E-state index is 0.0710. The van der Waals surface area contributed by atoms with Crippen molar-refractivity contribution in [1.82, 2.24) is 0 Å². The molecule has 0 aromatic rings. The van der Waals surface area contributed by atoms with E-state index in [0.29, 0.717) is 11.8 Å². The van der Waals surface area contributed by atoms with Crippen LogP contribution in [0, 0.1) is 22.7 Å². The number of hydrogen-bond donors (Lipinski definition) is 2. The molecule has 0 spiro atoms. The first kappa shape index (κ1) is 17.4. The molecule has 3 fully saturated rings. The van der Waals surface area contributed by atoms with Crippen molar-refractivity contribution in [3.05, 3.63) is 12.7 Å². The lowest BCUT2D eigenvalue weighted by Crippen LogP contribution is -2.67. The van der Waals surface area contributed by atoms with Crippen LogP contribution in [0.5, 0.6) is 0 Å². The first-order valence-corrected chi connectivity index (χ1v) is 9.19. The van der Waals surface area contributed by atoms with Crippen LogP contribution < -0.4 is 0 Å². The Hall–Kier alpha value is -0.380. The Morgan fingerprint density at radius 2 is 1.61 bits per heavy atom. The van der Waals surface area contributed by atoms with Crippen LogP contribution >= 0.6 is 0 Å². The zero-order valence-corrected chi connectivity index (χ0v) is 15.4. The molecule has 2 N–H and O–H groups in total. The summed E-state index contributed by atoms with van der Waals surface area (Å²) in [5, 5.41) is 21.3. The summed E-state index contributed by atoms with van der Waals surface area (Å²) in [7, 11) is 0. The average Bonchev–Trinajstić information content (AvgIpc) is 2.46. The zero-order chi connectivity index (χ0) is 17.3. The average molecular weight is 322 g/mol. The molecule has 0 amide bonds. The van der Waals surface area contributed by atoms with E-state index in [1.807, 2.05) is 6.92 Å². The SMILES string of the molecule is C=C[C@]1(C)O[C@@]2(C)CC[C@@H]3C(C)(C)[C@H](O)CC[C@@]3(C)[C@@H]2C[C@H]1O. The number of aliphatic hydroxyl groups is 2. The fourth-order valence-corrected chi connectivity index (χ4v) is 6.34. The molecule has 0 radical (unpaired) electrons. The molecule has 2 saturated carbocycles. The predicted molar refractivity (Wildman–Crippen MR) is 92.1 cm³/mol. The van der Waals surface area contributed by atoms with Gasteiger partial charge in [-0.1, -0.05) is 26.8 Å².